The van der Waals surface area contributed by atoms with Crippen molar-refractivity contribution in [1.29, 1.82) is 0 Å². The van der Waals surface area contributed by atoms with Crippen molar-refractivity contribution >= 4 is 39.8 Å². The van der Waals surface area contributed by atoms with Gasteiger partial charge in [0.25, 0.3) is 5.91 Å². The minimum atomic E-state index is -0.188. The first-order valence-electron chi connectivity index (χ1n) is 10.2. The molecule has 4 rings (SSSR count). The van der Waals surface area contributed by atoms with Crippen LogP contribution in [0, 0.1) is 0 Å². The molecule has 0 atom stereocenters. The second kappa shape index (κ2) is 8.03. The van der Waals surface area contributed by atoms with Gasteiger partial charge < -0.3 is 9.30 Å². The number of rotatable bonds is 5. The van der Waals surface area contributed by atoms with Crippen molar-refractivity contribution in [1.82, 2.24) is 9.47 Å². The Morgan fingerprint density at radius 1 is 1.10 bits per heavy atom. The van der Waals surface area contributed by atoms with E-state index in [-0.39, 0.29) is 17.7 Å². The zero-order valence-electron chi connectivity index (χ0n) is 17.6. The summed E-state index contributed by atoms with van der Waals surface area (Å²) in [5.41, 5.74) is 3.96. The monoisotopic (exact) mass is 399 g/mol. The number of carbonyl (C=O) groups excluding carboxylic acids is 1. The topological polar surface area (TPSA) is 46.8 Å². The number of para-hydroxylation sites is 1. The molecule has 152 valence electrons. The van der Waals surface area contributed by atoms with Gasteiger partial charge in [-0.25, -0.2) is 0 Å². The Morgan fingerprint density at radius 2 is 1.87 bits per heavy atom. The Hall–Kier alpha value is -3.60. The number of carbonyl (C=O) groups is 1. The Morgan fingerprint density at radius 3 is 2.57 bits per heavy atom. The Bertz CT molecular complexity index is 1240. The van der Waals surface area contributed by atoms with Crippen molar-refractivity contribution in [2.45, 2.75) is 27.3 Å². The molecule has 2 aromatic carbocycles. The third-order valence-corrected chi connectivity index (χ3v) is 5.34. The van der Waals surface area contributed by atoms with E-state index in [0.717, 1.165) is 17.5 Å². The maximum Gasteiger partial charge on any atom is 0.305 e. The average molecular weight is 399 g/mol. The van der Waals surface area contributed by atoms with Gasteiger partial charge in [0.2, 0.25) is 0 Å². The zero-order chi connectivity index (χ0) is 21.3. The Kier molecular flexibility index (Phi) is 5.27. The van der Waals surface area contributed by atoms with Crippen LogP contribution in [0.1, 0.15) is 26.3 Å². The number of aryl methyl sites for hydroxylation is 1. The average Bonchev–Trinajstić information content (AvgIpc) is 3.25. The van der Waals surface area contributed by atoms with Crippen molar-refractivity contribution in [2.75, 3.05) is 6.54 Å². The molecule has 3 aromatic rings. The lowest BCUT2D eigenvalue weighted by Crippen LogP contribution is -2.29. The molecular weight excluding hydrogens is 374 g/mol. The number of aliphatic imine (C=N–C) groups is 1. The van der Waals surface area contributed by atoms with Crippen LogP contribution in [-0.4, -0.2) is 27.9 Å². The maximum absolute atomic E-state index is 12.8. The number of hydrogen-bond donors (Lipinski definition) is 0. The number of hydrogen-bond acceptors (Lipinski definition) is 3. The van der Waals surface area contributed by atoms with Crippen LogP contribution in [0.2, 0.25) is 0 Å². The molecule has 1 aliphatic rings. The number of ether oxygens (including phenoxy) is 1. The molecule has 1 saturated heterocycles. The van der Waals surface area contributed by atoms with Crippen molar-refractivity contribution in [2.24, 2.45) is 4.99 Å². The number of fused-ring (bicyclic) bond motifs is 3. The SMILES string of the molecule is C=CC(=CC)N=C1OC(=Cc2ccc3c(c2)c2ccccc2n3CC)C(=O)N1CC. The highest BCUT2D eigenvalue weighted by atomic mass is 16.5. The maximum atomic E-state index is 12.8. The molecule has 0 radical (unpaired) electrons. The molecule has 30 heavy (non-hydrogen) atoms. The minimum Gasteiger partial charge on any atom is -0.419 e. The van der Waals surface area contributed by atoms with Gasteiger partial charge in [-0.3, -0.25) is 9.69 Å². The molecule has 1 amide bonds. The van der Waals surface area contributed by atoms with Crippen LogP contribution in [0.5, 0.6) is 0 Å². The summed E-state index contributed by atoms with van der Waals surface area (Å²) in [6, 6.07) is 14.9. The minimum absolute atomic E-state index is 0.188. The molecule has 1 fully saturated rings. The van der Waals surface area contributed by atoms with Crippen LogP contribution in [0.25, 0.3) is 27.9 Å². The third-order valence-electron chi connectivity index (χ3n) is 5.34. The van der Waals surface area contributed by atoms with E-state index in [1.54, 1.807) is 12.2 Å². The third kappa shape index (κ3) is 3.22. The molecule has 1 aromatic heterocycles. The highest BCUT2D eigenvalue weighted by Crippen LogP contribution is 2.31. The van der Waals surface area contributed by atoms with E-state index in [2.05, 4.69) is 59.5 Å². The zero-order valence-corrected chi connectivity index (χ0v) is 17.6. The number of allylic oxidation sites excluding steroid dienone is 2. The fraction of sp³-hybridized carbons (Fsp3) is 0.200. The van der Waals surface area contributed by atoms with Crippen LogP contribution in [-0.2, 0) is 16.1 Å². The van der Waals surface area contributed by atoms with Gasteiger partial charge in [0.15, 0.2) is 5.76 Å². The van der Waals surface area contributed by atoms with E-state index in [0.29, 0.717) is 12.2 Å². The van der Waals surface area contributed by atoms with Gasteiger partial charge >= 0.3 is 6.02 Å². The quantitative estimate of drug-likeness (QED) is 0.421. The normalized spacial score (nSPS) is 17.5. The highest BCUT2D eigenvalue weighted by Gasteiger charge is 2.33. The van der Waals surface area contributed by atoms with E-state index in [4.69, 9.17) is 4.74 Å². The summed E-state index contributed by atoms with van der Waals surface area (Å²) in [5, 5.41) is 2.37. The van der Waals surface area contributed by atoms with Gasteiger partial charge in [-0.1, -0.05) is 36.9 Å². The number of amidine groups is 1. The summed E-state index contributed by atoms with van der Waals surface area (Å²) in [4.78, 5) is 18.8. The van der Waals surface area contributed by atoms with E-state index >= 15 is 0 Å². The lowest BCUT2D eigenvalue weighted by atomic mass is 10.1. The molecule has 2 heterocycles. The van der Waals surface area contributed by atoms with E-state index in [1.807, 2.05) is 26.0 Å². The van der Waals surface area contributed by atoms with E-state index in [1.165, 1.54) is 21.3 Å². The van der Waals surface area contributed by atoms with Crippen LogP contribution < -0.4 is 0 Å². The largest absolute Gasteiger partial charge is 0.419 e. The molecule has 0 spiro atoms. The van der Waals surface area contributed by atoms with Gasteiger partial charge in [-0.15, -0.1) is 0 Å². The fourth-order valence-electron chi connectivity index (χ4n) is 3.86. The molecule has 5 nitrogen and oxygen atoms in total. The molecular formula is C25H25N3O2. The summed E-state index contributed by atoms with van der Waals surface area (Å²) in [6.45, 7) is 11.0. The van der Waals surface area contributed by atoms with Gasteiger partial charge in [0.1, 0.15) is 0 Å². The van der Waals surface area contributed by atoms with Crippen LogP contribution in [0.4, 0.5) is 0 Å². The van der Waals surface area contributed by atoms with Crippen molar-refractivity contribution in [3.63, 3.8) is 0 Å². The predicted molar refractivity (Wildman–Crippen MR) is 123 cm³/mol. The Balaban J connectivity index is 1.78. The van der Waals surface area contributed by atoms with Gasteiger partial charge in [-0.05, 0) is 56.7 Å². The molecule has 0 saturated carbocycles. The molecule has 1 aliphatic heterocycles. The highest BCUT2D eigenvalue weighted by molar-refractivity contribution is 6.12. The first-order chi connectivity index (χ1) is 14.6. The molecule has 0 unspecified atom stereocenters. The summed E-state index contributed by atoms with van der Waals surface area (Å²) in [7, 11) is 0. The number of aromatic nitrogens is 1. The summed E-state index contributed by atoms with van der Waals surface area (Å²) < 4.78 is 8.14. The molecule has 5 heteroatoms. The van der Waals surface area contributed by atoms with Gasteiger partial charge in [-0.2, -0.15) is 4.99 Å². The lowest BCUT2D eigenvalue weighted by Gasteiger charge is -2.09. The number of benzene rings is 2. The smallest absolute Gasteiger partial charge is 0.305 e. The predicted octanol–water partition coefficient (Wildman–Crippen LogP) is 5.48. The first-order valence-corrected chi connectivity index (χ1v) is 10.2. The molecule has 0 aliphatic carbocycles. The van der Waals surface area contributed by atoms with Crippen molar-refractivity contribution in [3.8, 4) is 0 Å². The summed E-state index contributed by atoms with van der Waals surface area (Å²) >= 11 is 0. The standard InChI is InChI=1S/C25H25N3O2/c1-5-18(6-2)26-25-28(8-4)24(29)23(30-25)16-17-13-14-22-20(15-17)19-11-9-10-12-21(19)27(22)7-3/h5-6,9-16H,1,7-8H2,2-4H3. The van der Waals surface area contributed by atoms with Crippen molar-refractivity contribution < 1.29 is 9.53 Å². The number of likely N-dealkylation sites (N-methyl/N-ethyl adjacent to an activating group) is 1. The fourth-order valence-corrected chi connectivity index (χ4v) is 3.86. The summed E-state index contributed by atoms with van der Waals surface area (Å²) in [6.07, 6.45) is 5.24. The number of nitrogens with zero attached hydrogens (tertiary/aromatic N) is 3. The second-order valence-corrected chi connectivity index (χ2v) is 7.01. The Labute approximate surface area is 176 Å². The second-order valence-electron chi connectivity index (χ2n) is 7.01. The van der Waals surface area contributed by atoms with Crippen LogP contribution in [0.3, 0.4) is 0 Å². The lowest BCUT2D eigenvalue weighted by molar-refractivity contribution is -0.122. The summed E-state index contributed by atoms with van der Waals surface area (Å²) in [5.74, 6) is 0.0838. The van der Waals surface area contributed by atoms with Crippen molar-refractivity contribution in [3.05, 3.63) is 78.2 Å². The number of amides is 1. The van der Waals surface area contributed by atoms with Gasteiger partial charge in [0.05, 0.1) is 5.70 Å². The van der Waals surface area contributed by atoms with Gasteiger partial charge in [0, 0.05) is 34.9 Å². The van der Waals surface area contributed by atoms with Crippen LogP contribution in [0.15, 0.2) is 77.6 Å². The van der Waals surface area contributed by atoms with Crippen LogP contribution >= 0.6 is 0 Å². The first kappa shape index (κ1) is 19.7. The van der Waals surface area contributed by atoms with E-state index < -0.39 is 0 Å². The molecule has 0 bridgehead atoms. The van der Waals surface area contributed by atoms with E-state index in [9.17, 15) is 4.79 Å². The molecule has 0 N–H and O–H groups in total.